The second-order valence-corrected chi connectivity index (χ2v) is 5.27. The number of hydrogen-bond acceptors (Lipinski definition) is 2. The number of carbonyl (C=O) groups excluding carboxylic acids is 1. The fraction of sp³-hybridized carbons (Fsp3) is 0.533. The van der Waals surface area contributed by atoms with Gasteiger partial charge in [0.15, 0.2) is 0 Å². The Morgan fingerprint density at radius 3 is 2.37 bits per heavy atom. The first-order chi connectivity index (χ1) is 8.99. The van der Waals surface area contributed by atoms with E-state index in [1.165, 1.54) is 11.1 Å². The highest BCUT2D eigenvalue weighted by Gasteiger charge is 2.21. The van der Waals surface area contributed by atoms with Gasteiger partial charge in [0.05, 0.1) is 6.61 Å². The zero-order valence-electron chi connectivity index (χ0n) is 12.0. The van der Waals surface area contributed by atoms with Crippen LogP contribution in [-0.2, 0) is 11.8 Å². The van der Waals surface area contributed by atoms with Crippen LogP contribution in [0.2, 0.25) is 0 Å². The number of aliphatic hydroxyl groups is 1. The molecule has 4 nitrogen and oxygen atoms in total. The van der Waals surface area contributed by atoms with E-state index in [4.69, 9.17) is 5.11 Å². The third kappa shape index (κ3) is 4.91. The van der Waals surface area contributed by atoms with Crippen LogP contribution in [0, 0.1) is 0 Å². The molecular formula is C15H24N2O2. The maximum absolute atomic E-state index is 11.4. The van der Waals surface area contributed by atoms with Crippen LogP contribution in [0.5, 0.6) is 0 Å². The van der Waals surface area contributed by atoms with Gasteiger partial charge in [0.2, 0.25) is 0 Å². The predicted octanol–water partition coefficient (Wildman–Crippen LogP) is 1.82. The number of urea groups is 1. The molecule has 0 atom stereocenters. The fourth-order valence-electron chi connectivity index (χ4n) is 1.83. The van der Waals surface area contributed by atoms with Crippen LogP contribution < -0.4 is 10.6 Å². The standard InChI is InChI=1S/C15H24N2O2/c1-4-12-5-7-13(8-6-12)15(2,3)11-17-14(19)16-9-10-18/h5-8,18H,4,9-11H2,1-3H3,(H2,16,17,19). The lowest BCUT2D eigenvalue weighted by atomic mass is 9.84. The fourth-order valence-corrected chi connectivity index (χ4v) is 1.83. The van der Waals surface area contributed by atoms with Crippen molar-refractivity contribution in [1.82, 2.24) is 10.6 Å². The van der Waals surface area contributed by atoms with Crippen LogP contribution in [0.3, 0.4) is 0 Å². The number of aliphatic hydroxyl groups excluding tert-OH is 1. The summed E-state index contributed by atoms with van der Waals surface area (Å²) in [4.78, 5) is 11.4. The number of carbonyl (C=O) groups is 1. The molecular weight excluding hydrogens is 240 g/mol. The second-order valence-electron chi connectivity index (χ2n) is 5.27. The number of amides is 2. The first-order valence-electron chi connectivity index (χ1n) is 6.71. The zero-order valence-corrected chi connectivity index (χ0v) is 12.0. The third-order valence-corrected chi connectivity index (χ3v) is 3.23. The van der Waals surface area contributed by atoms with Gasteiger partial charge in [-0.05, 0) is 17.5 Å². The first kappa shape index (κ1) is 15.5. The first-order valence-corrected chi connectivity index (χ1v) is 6.71. The van der Waals surface area contributed by atoms with Gasteiger partial charge >= 0.3 is 6.03 Å². The quantitative estimate of drug-likeness (QED) is 0.734. The highest BCUT2D eigenvalue weighted by Crippen LogP contribution is 2.22. The van der Waals surface area contributed by atoms with E-state index in [0.717, 1.165) is 6.42 Å². The lowest BCUT2D eigenvalue weighted by molar-refractivity contribution is 0.232. The van der Waals surface area contributed by atoms with Crippen molar-refractivity contribution in [2.75, 3.05) is 19.7 Å². The zero-order chi connectivity index (χ0) is 14.3. The minimum absolute atomic E-state index is 0.0463. The molecule has 0 aliphatic rings. The van der Waals surface area contributed by atoms with Crippen molar-refractivity contribution in [2.24, 2.45) is 0 Å². The molecule has 1 aromatic carbocycles. The largest absolute Gasteiger partial charge is 0.395 e. The third-order valence-electron chi connectivity index (χ3n) is 3.23. The summed E-state index contributed by atoms with van der Waals surface area (Å²) < 4.78 is 0. The molecule has 2 amide bonds. The molecule has 0 spiro atoms. The SMILES string of the molecule is CCc1ccc(C(C)(C)CNC(=O)NCCO)cc1. The Balaban J connectivity index is 2.56. The Morgan fingerprint density at radius 1 is 1.21 bits per heavy atom. The molecule has 0 aliphatic carbocycles. The average Bonchev–Trinajstić information content (AvgIpc) is 2.43. The molecule has 0 fully saturated rings. The molecule has 0 unspecified atom stereocenters. The maximum atomic E-state index is 11.4. The smallest absolute Gasteiger partial charge is 0.314 e. The van der Waals surface area contributed by atoms with E-state index >= 15 is 0 Å². The topological polar surface area (TPSA) is 61.4 Å². The van der Waals surface area contributed by atoms with Crippen LogP contribution in [0.15, 0.2) is 24.3 Å². The van der Waals surface area contributed by atoms with E-state index in [0.29, 0.717) is 6.54 Å². The average molecular weight is 264 g/mol. The summed E-state index contributed by atoms with van der Waals surface area (Å²) in [5.74, 6) is 0. The van der Waals surface area contributed by atoms with Crippen molar-refractivity contribution in [1.29, 1.82) is 0 Å². The Hall–Kier alpha value is -1.55. The molecule has 1 rings (SSSR count). The molecule has 3 N–H and O–H groups in total. The number of rotatable bonds is 6. The Morgan fingerprint density at radius 2 is 1.84 bits per heavy atom. The van der Waals surface area contributed by atoms with E-state index in [9.17, 15) is 4.79 Å². The van der Waals surface area contributed by atoms with Crippen LogP contribution in [0.1, 0.15) is 31.9 Å². The monoisotopic (exact) mass is 264 g/mol. The lowest BCUT2D eigenvalue weighted by Crippen LogP contribution is -2.43. The van der Waals surface area contributed by atoms with Gasteiger partial charge in [-0.25, -0.2) is 4.79 Å². The number of benzene rings is 1. The number of aryl methyl sites for hydroxylation is 1. The molecule has 0 heterocycles. The summed E-state index contributed by atoms with van der Waals surface area (Å²) in [5, 5.41) is 14.0. The highest BCUT2D eigenvalue weighted by atomic mass is 16.3. The van der Waals surface area contributed by atoms with Crippen molar-refractivity contribution >= 4 is 6.03 Å². The molecule has 0 radical (unpaired) electrons. The number of nitrogens with one attached hydrogen (secondary N) is 2. The molecule has 0 aromatic heterocycles. The molecule has 0 saturated heterocycles. The minimum Gasteiger partial charge on any atom is -0.395 e. The van der Waals surface area contributed by atoms with Crippen molar-refractivity contribution < 1.29 is 9.90 Å². The lowest BCUT2D eigenvalue weighted by Gasteiger charge is -2.26. The summed E-state index contributed by atoms with van der Waals surface area (Å²) in [6.45, 7) is 7.11. The highest BCUT2D eigenvalue weighted by molar-refractivity contribution is 5.73. The second kappa shape index (κ2) is 7.14. The van der Waals surface area contributed by atoms with Crippen LogP contribution in [-0.4, -0.2) is 30.8 Å². The summed E-state index contributed by atoms with van der Waals surface area (Å²) in [5.41, 5.74) is 2.39. The Bertz CT molecular complexity index is 399. The van der Waals surface area contributed by atoms with Crippen LogP contribution in [0.25, 0.3) is 0 Å². The van der Waals surface area contributed by atoms with Gasteiger partial charge < -0.3 is 15.7 Å². The van der Waals surface area contributed by atoms with Crippen molar-refractivity contribution in [3.05, 3.63) is 35.4 Å². The molecule has 0 aliphatic heterocycles. The maximum Gasteiger partial charge on any atom is 0.314 e. The van der Waals surface area contributed by atoms with E-state index in [1.807, 2.05) is 0 Å². The molecule has 4 heteroatoms. The van der Waals surface area contributed by atoms with E-state index in [2.05, 4.69) is 55.7 Å². The molecule has 0 bridgehead atoms. The van der Waals surface area contributed by atoms with E-state index in [-0.39, 0.29) is 24.6 Å². The summed E-state index contributed by atoms with van der Waals surface area (Å²) in [6, 6.07) is 8.25. The molecule has 0 saturated carbocycles. The Labute approximate surface area is 115 Å². The van der Waals surface area contributed by atoms with Crippen LogP contribution >= 0.6 is 0 Å². The Kier molecular flexibility index (Phi) is 5.83. The van der Waals surface area contributed by atoms with Crippen molar-refractivity contribution in [3.8, 4) is 0 Å². The summed E-state index contributed by atoms with van der Waals surface area (Å²) >= 11 is 0. The van der Waals surface area contributed by atoms with Gasteiger partial charge in [-0.2, -0.15) is 0 Å². The van der Waals surface area contributed by atoms with Gasteiger partial charge in [-0.15, -0.1) is 0 Å². The summed E-state index contributed by atoms with van der Waals surface area (Å²) in [6.07, 6.45) is 1.03. The van der Waals surface area contributed by atoms with Gasteiger partial charge in [-0.1, -0.05) is 45.0 Å². The summed E-state index contributed by atoms with van der Waals surface area (Å²) in [7, 11) is 0. The van der Waals surface area contributed by atoms with E-state index < -0.39 is 0 Å². The van der Waals surface area contributed by atoms with Gasteiger partial charge in [0.1, 0.15) is 0 Å². The van der Waals surface area contributed by atoms with Gasteiger partial charge in [0, 0.05) is 18.5 Å². The van der Waals surface area contributed by atoms with E-state index in [1.54, 1.807) is 0 Å². The molecule has 106 valence electrons. The van der Waals surface area contributed by atoms with Crippen molar-refractivity contribution in [3.63, 3.8) is 0 Å². The normalized spacial score (nSPS) is 11.2. The van der Waals surface area contributed by atoms with Gasteiger partial charge in [-0.3, -0.25) is 0 Å². The molecule has 1 aromatic rings. The van der Waals surface area contributed by atoms with Crippen LogP contribution in [0.4, 0.5) is 4.79 Å². The number of hydrogen-bond donors (Lipinski definition) is 3. The van der Waals surface area contributed by atoms with Gasteiger partial charge in [0.25, 0.3) is 0 Å². The predicted molar refractivity (Wildman–Crippen MR) is 77.3 cm³/mol. The van der Waals surface area contributed by atoms with Crippen molar-refractivity contribution in [2.45, 2.75) is 32.6 Å². The molecule has 19 heavy (non-hydrogen) atoms. The minimum atomic E-state index is -0.243.